The van der Waals surface area contributed by atoms with Crippen LogP contribution in [-0.2, 0) is 24.1 Å². The molecule has 2 aromatic carbocycles. The van der Waals surface area contributed by atoms with Gasteiger partial charge in [0.1, 0.15) is 0 Å². The Morgan fingerprint density at radius 2 is 1.80 bits per heavy atom. The molecule has 0 radical (unpaired) electrons. The summed E-state index contributed by atoms with van der Waals surface area (Å²) in [5.41, 5.74) is 4.90. The summed E-state index contributed by atoms with van der Waals surface area (Å²) in [4.78, 5) is 24.8. The topological polar surface area (TPSA) is 58.2 Å². The molecule has 1 saturated carbocycles. The van der Waals surface area contributed by atoms with Crippen LogP contribution in [0.25, 0.3) is 0 Å². The minimum Gasteiger partial charge on any atom is -0.349 e. The number of amides is 2. The molecule has 0 heterocycles. The Kier molecular flexibility index (Phi) is 4.26. The maximum Gasteiger partial charge on any atom is 0.253 e. The molecule has 2 aliphatic carbocycles. The van der Waals surface area contributed by atoms with Crippen molar-refractivity contribution in [2.75, 3.05) is 5.32 Å². The predicted molar refractivity (Wildman–Crippen MR) is 97.7 cm³/mol. The number of hydrogen-bond donors (Lipinski definition) is 2. The van der Waals surface area contributed by atoms with Crippen molar-refractivity contribution in [3.05, 3.63) is 64.7 Å². The van der Waals surface area contributed by atoms with Crippen molar-refractivity contribution in [1.82, 2.24) is 5.32 Å². The lowest BCUT2D eigenvalue weighted by Crippen LogP contribution is -2.27. The van der Waals surface area contributed by atoms with Gasteiger partial charge < -0.3 is 10.6 Å². The van der Waals surface area contributed by atoms with Gasteiger partial charge in [-0.3, -0.25) is 9.59 Å². The van der Waals surface area contributed by atoms with E-state index in [0.717, 1.165) is 31.2 Å². The second kappa shape index (κ2) is 6.71. The molecule has 4 rings (SSSR count). The Morgan fingerprint density at radius 3 is 2.64 bits per heavy atom. The minimum atomic E-state index is -0.115. The van der Waals surface area contributed by atoms with Crippen molar-refractivity contribution in [1.29, 1.82) is 0 Å². The molecule has 4 heteroatoms. The van der Waals surface area contributed by atoms with Gasteiger partial charge in [0, 0.05) is 6.04 Å². The lowest BCUT2D eigenvalue weighted by Gasteiger charge is -2.11. The van der Waals surface area contributed by atoms with Crippen LogP contribution in [0.3, 0.4) is 0 Å². The van der Waals surface area contributed by atoms with Crippen LogP contribution < -0.4 is 10.6 Å². The van der Waals surface area contributed by atoms with Crippen molar-refractivity contribution >= 4 is 17.5 Å². The van der Waals surface area contributed by atoms with Gasteiger partial charge in [0.15, 0.2) is 0 Å². The average Bonchev–Trinajstić information content (AvgIpc) is 3.29. The summed E-state index contributed by atoms with van der Waals surface area (Å²) in [6.07, 6.45) is 5.86. The van der Waals surface area contributed by atoms with Gasteiger partial charge in [-0.05, 0) is 60.9 Å². The Balaban J connectivity index is 1.44. The maximum absolute atomic E-state index is 12.4. The second-order valence-electron chi connectivity index (χ2n) is 6.97. The Hall–Kier alpha value is -2.62. The number of benzene rings is 2. The third kappa shape index (κ3) is 3.73. The van der Waals surface area contributed by atoms with Crippen molar-refractivity contribution in [3.63, 3.8) is 0 Å². The van der Waals surface area contributed by atoms with E-state index in [9.17, 15) is 9.59 Å². The largest absolute Gasteiger partial charge is 0.349 e. The highest BCUT2D eigenvalue weighted by molar-refractivity contribution is 6.04. The first-order valence-electron chi connectivity index (χ1n) is 8.99. The van der Waals surface area contributed by atoms with Gasteiger partial charge in [0.05, 0.1) is 17.7 Å². The number of anilines is 1. The number of carbonyl (C=O) groups is 2. The van der Waals surface area contributed by atoms with Crippen LogP contribution in [0.2, 0.25) is 0 Å². The van der Waals surface area contributed by atoms with Gasteiger partial charge >= 0.3 is 0 Å². The number of aryl methyl sites for hydroxylation is 2. The molecular formula is C21H22N2O2. The molecule has 25 heavy (non-hydrogen) atoms. The summed E-state index contributed by atoms with van der Waals surface area (Å²) in [5.74, 6) is -0.208. The van der Waals surface area contributed by atoms with Crippen LogP contribution in [0.4, 0.5) is 5.69 Å². The van der Waals surface area contributed by atoms with Crippen LogP contribution in [0, 0.1) is 0 Å². The first-order chi connectivity index (χ1) is 12.2. The molecule has 4 nitrogen and oxygen atoms in total. The predicted octanol–water partition coefficient (Wildman–Crippen LogP) is 3.25. The van der Waals surface area contributed by atoms with E-state index >= 15 is 0 Å². The summed E-state index contributed by atoms with van der Waals surface area (Å²) in [6, 6.07) is 13.8. The van der Waals surface area contributed by atoms with Crippen LogP contribution in [-0.4, -0.2) is 17.9 Å². The summed E-state index contributed by atoms with van der Waals surface area (Å²) < 4.78 is 0. The van der Waals surface area contributed by atoms with Gasteiger partial charge in [-0.25, -0.2) is 0 Å². The van der Waals surface area contributed by atoms with Crippen molar-refractivity contribution in [2.24, 2.45) is 0 Å². The number of para-hydroxylation sites is 1. The van der Waals surface area contributed by atoms with E-state index < -0.39 is 0 Å². The van der Waals surface area contributed by atoms with Crippen LogP contribution in [0.1, 0.15) is 46.3 Å². The molecule has 0 spiro atoms. The van der Waals surface area contributed by atoms with E-state index in [4.69, 9.17) is 0 Å². The number of nitrogens with one attached hydrogen (secondary N) is 2. The van der Waals surface area contributed by atoms with Crippen LogP contribution >= 0.6 is 0 Å². The number of carbonyl (C=O) groups excluding carboxylic acids is 2. The number of fused-ring (bicyclic) bond motifs is 1. The Bertz CT molecular complexity index is 824. The summed E-state index contributed by atoms with van der Waals surface area (Å²) in [5, 5.41) is 5.87. The Labute approximate surface area is 147 Å². The standard InChI is InChI=1S/C21H22N2O2/c24-20(13-14-8-9-15-4-3-5-16(15)12-14)23-19-7-2-1-6-18(19)21(25)22-17-10-11-17/h1-2,6-9,12,17H,3-5,10-11,13H2,(H,22,25)(H,23,24). The second-order valence-corrected chi connectivity index (χ2v) is 6.97. The molecule has 0 saturated heterocycles. The molecule has 2 aliphatic rings. The molecule has 2 aromatic rings. The zero-order chi connectivity index (χ0) is 17.2. The van der Waals surface area contributed by atoms with E-state index in [1.54, 1.807) is 12.1 Å². The molecule has 0 bridgehead atoms. The van der Waals surface area contributed by atoms with Gasteiger partial charge in [-0.2, -0.15) is 0 Å². The van der Waals surface area contributed by atoms with Crippen molar-refractivity contribution < 1.29 is 9.59 Å². The smallest absolute Gasteiger partial charge is 0.253 e. The van der Waals surface area contributed by atoms with Crippen molar-refractivity contribution in [3.8, 4) is 0 Å². The number of hydrogen-bond acceptors (Lipinski definition) is 2. The van der Waals surface area contributed by atoms with Gasteiger partial charge in [0.25, 0.3) is 5.91 Å². The lowest BCUT2D eigenvalue weighted by molar-refractivity contribution is -0.115. The molecule has 128 valence electrons. The Morgan fingerprint density at radius 1 is 1.00 bits per heavy atom. The summed E-state index contributed by atoms with van der Waals surface area (Å²) >= 11 is 0. The van der Waals surface area contributed by atoms with Crippen LogP contribution in [0.15, 0.2) is 42.5 Å². The molecule has 0 unspecified atom stereocenters. The van der Waals surface area contributed by atoms with E-state index in [1.165, 1.54) is 17.5 Å². The van der Waals surface area contributed by atoms with E-state index in [0.29, 0.717) is 23.7 Å². The zero-order valence-corrected chi connectivity index (χ0v) is 14.2. The molecule has 0 atom stereocenters. The highest BCUT2D eigenvalue weighted by atomic mass is 16.2. The normalized spacial score (nSPS) is 15.5. The summed E-state index contributed by atoms with van der Waals surface area (Å²) in [7, 11) is 0. The highest BCUT2D eigenvalue weighted by Gasteiger charge is 2.25. The average molecular weight is 334 g/mol. The molecule has 1 fully saturated rings. The van der Waals surface area contributed by atoms with Gasteiger partial charge in [-0.15, -0.1) is 0 Å². The first kappa shape index (κ1) is 15.9. The monoisotopic (exact) mass is 334 g/mol. The first-order valence-corrected chi connectivity index (χ1v) is 8.99. The SMILES string of the molecule is O=C(Cc1ccc2c(c1)CCC2)Nc1ccccc1C(=O)NC1CC1. The van der Waals surface area contributed by atoms with E-state index in [1.807, 2.05) is 18.2 Å². The molecule has 0 aliphatic heterocycles. The van der Waals surface area contributed by atoms with E-state index in [-0.39, 0.29) is 11.8 Å². The number of rotatable bonds is 5. The fourth-order valence-electron chi connectivity index (χ4n) is 3.40. The zero-order valence-electron chi connectivity index (χ0n) is 14.2. The maximum atomic E-state index is 12.4. The quantitative estimate of drug-likeness (QED) is 0.882. The third-order valence-corrected chi connectivity index (χ3v) is 4.89. The van der Waals surface area contributed by atoms with E-state index in [2.05, 4.69) is 22.8 Å². The minimum absolute atomic E-state index is 0.0929. The van der Waals surface area contributed by atoms with Gasteiger partial charge in [-0.1, -0.05) is 30.3 Å². The van der Waals surface area contributed by atoms with Crippen molar-refractivity contribution in [2.45, 2.75) is 44.6 Å². The fourth-order valence-corrected chi connectivity index (χ4v) is 3.40. The fraction of sp³-hybridized carbons (Fsp3) is 0.333. The molecule has 0 aromatic heterocycles. The van der Waals surface area contributed by atoms with Gasteiger partial charge in [0.2, 0.25) is 5.91 Å². The molecule has 2 amide bonds. The highest BCUT2D eigenvalue weighted by Crippen LogP contribution is 2.24. The van der Waals surface area contributed by atoms with Crippen LogP contribution in [0.5, 0.6) is 0 Å². The third-order valence-electron chi connectivity index (χ3n) is 4.89. The molecule has 2 N–H and O–H groups in total. The molecular weight excluding hydrogens is 312 g/mol. The summed E-state index contributed by atoms with van der Waals surface area (Å²) in [6.45, 7) is 0. The lowest BCUT2D eigenvalue weighted by atomic mass is 10.0.